The summed E-state index contributed by atoms with van der Waals surface area (Å²) in [5.41, 5.74) is 2.20. The highest BCUT2D eigenvalue weighted by atomic mass is 35.5. The van der Waals surface area contributed by atoms with E-state index < -0.39 is 5.91 Å². The second-order valence-corrected chi connectivity index (χ2v) is 7.24. The monoisotopic (exact) mass is 447 g/mol. The molecule has 9 heteroatoms. The smallest absolute Gasteiger partial charge is 0.248 e. The van der Waals surface area contributed by atoms with Gasteiger partial charge in [-0.15, -0.1) is 0 Å². The zero-order chi connectivity index (χ0) is 21.3. The second kappa shape index (κ2) is 8.38. The quantitative estimate of drug-likeness (QED) is 0.568. The average molecular weight is 448 g/mol. The van der Waals surface area contributed by atoms with Crippen molar-refractivity contribution in [2.24, 2.45) is 0 Å². The zero-order valence-corrected chi connectivity index (χ0v) is 17.3. The lowest BCUT2D eigenvalue weighted by atomic mass is 10.2. The van der Waals surface area contributed by atoms with Gasteiger partial charge in [0, 0.05) is 23.8 Å². The van der Waals surface area contributed by atoms with Gasteiger partial charge < -0.3 is 14.8 Å². The Bertz CT molecular complexity index is 1140. The molecule has 0 saturated carbocycles. The van der Waals surface area contributed by atoms with Crippen LogP contribution in [0.5, 0.6) is 11.5 Å². The van der Waals surface area contributed by atoms with Gasteiger partial charge in [-0.2, -0.15) is 5.10 Å². The lowest BCUT2D eigenvalue weighted by Gasteiger charge is -2.19. The van der Waals surface area contributed by atoms with E-state index >= 15 is 0 Å². The van der Waals surface area contributed by atoms with Crippen molar-refractivity contribution < 1.29 is 18.7 Å². The maximum atomic E-state index is 13.2. The minimum absolute atomic E-state index is 0.306. The molecule has 0 radical (unpaired) electrons. The van der Waals surface area contributed by atoms with Crippen molar-refractivity contribution in [2.45, 2.75) is 6.92 Å². The third-order valence-electron chi connectivity index (χ3n) is 4.41. The Balaban J connectivity index is 1.53. The summed E-state index contributed by atoms with van der Waals surface area (Å²) in [4.78, 5) is 12.4. The number of aromatic nitrogens is 2. The molecule has 2 heterocycles. The molecule has 6 nitrogen and oxygen atoms in total. The first-order valence-corrected chi connectivity index (χ1v) is 9.77. The number of nitrogens with zero attached hydrogens (tertiary/aromatic N) is 2. The molecule has 1 aromatic heterocycles. The summed E-state index contributed by atoms with van der Waals surface area (Å²) < 4.78 is 25.6. The van der Waals surface area contributed by atoms with E-state index in [2.05, 4.69) is 10.4 Å². The first kappa shape index (κ1) is 20.3. The first-order valence-electron chi connectivity index (χ1n) is 9.01. The molecule has 1 aliphatic rings. The van der Waals surface area contributed by atoms with Gasteiger partial charge in [0.25, 0.3) is 0 Å². The molecule has 0 spiro atoms. The Labute approximate surface area is 181 Å². The fraction of sp³-hybridized carbons (Fsp3) is 0.143. The van der Waals surface area contributed by atoms with Crippen molar-refractivity contribution >= 4 is 40.9 Å². The third-order valence-corrected chi connectivity index (χ3v) is 5.09. The lowest BCUT2D eigenvalue weighted by Crippen LogP contribution is -2.16. The van der Waals surface area contributed by atoms with E-state index in [0.29, 0.717) is 57.5 Å². The molecule has 0 bridgehead atoms. The van der Waals surface area contributed by atoms with Gasteiger partial charge in [0.1, 0.15) is 24.2 Å². The molecule has 1 N–H and O–H groups in total. The molecule has 0 atom stereocenters. The van der Waals surface area contributed by atoms with E-state index in [9.17, 15) is 9.18 Å². The number of rotatable bonds is 4. The minimum atomic E-state index is -0.404. The lowest BCUT2D eigenvalue weighted by molar-refractivity contribution is -0.111. The number of hydrogen-bond acceptors (Lipinski definition) is 4. The van der Waals surface area contributed by atoms with Crippen LogP contribution in [0.25, 0.3) is 11.8 Å². The van der Waals surface area contributed by atoms with Crippen LogP contribution in [0.1, 0.15) is 11.3 Å². The summed E-state index contributed by atoms with van der Waals surface area (Å²) in [6.45, 7) is 2.64. The van der Waals surface area contributed by atoms with Crippen LogP contribution in [-0.4, -0.2) is 28.9 Å². The van der Waals surface area contributed by atoms with Gasteiger partial charge in [-0.05, 0) is 37.3 Å². The summed E-state index contributed by atoms with van der Waals surface area (Å²) in [6, 6.07) is 9.00. The number of aryl methyl sites for hydroxylation is 1. The van der Waals surface area contributed by atoms with Crippen LogP contribution in [0.15, 0.2) is 42.5 Å². The molecule has 0 saturated heterocycles. The van der Waals surface area contributed by atoms with Crippen molar-refractivity contribution in [2.75, 3.05) is 18.5 Å². The molecular weight excluding hydrogens is 432 g/mol. The fourth-order valence-corrected chi connectivity index (χ4v) is 3.48. The Kier molecular flexibility index (Phi) is 5.65. The van der Waals surface area contributed by atoms with E-state index in [-0.39, 0.29) is 5.82 Å². The summed E-state index contributed by atoms with van der Waals surface area (Å²) >= 11 is 12.6. The van der Waals surface area contributed by atoms with E-state index in [4.69, 9.17) is 32.7 Å². The predicted octanol–water partition coefficient (Wildman–Crippen LogP) is 5.05. The number of benzene rings is 2. The number of carbonyl (C=O) groups excluding carboxylic acids is 1. The number of ether oxygens (including phenoxy) is 2. The maximum absolute atomic E-state index is 13.2. The summed E-state index contributed by atoms with van der Waals surface area (Å²) in [7, 11) is 0. The van der Waals surface area contributed by atoms with Gasteiger partial charge in [-0.3, -0.25) is 4.79 Å². The molecule has 1 aliphatic heterocycles. The molecular formula is C21H16Cl2FN3O3. The van der Waals surface area contributed by atoms with Crippen molar-refractivity contribution in [3.63, 3.8) is 0 Å². The molecule has 3 aromatic rings. The van der Waals surface area contributed by atoms with Crippen LogP contribution < -0.4 is 14.8 Å². The van der Waals surface area contributed by atoms with Crippen LogP contribution in [-0.2, 0) is 4.79 Å². The molecule has 0 aliphatic carbocycles. The highest BCUT2D eigenvalue weighted by Crippen LogP contribution is 2.38. The molecule has 1 amide bonds. The maximum Gasteiger partial charge on any atom is 0.248 e. The molecule has 154 valence electrons. The summed E-state index contributed by atoms with van der Waals surface area (Å²) in [6.07, 6.45) is 2.89. The normalized spacial score (nSPS) is 12.9. The number of amides is 1. The predicted molar refractivity (Wildman–Crippen MR) is 113 cm³/mol. The Morgan fingerprint density at radius 1 is 1.17 bits per heavy atom. The van der Waals surface area contributed by atoms with Gasteiger partial charge in [0.15, 0.2) is 11.5 Å². The number of hydrogen-bond donors (Lipinski definition) is 1. The van der Waals surface area contributed by atoms with E-state index in [1.165, 1.54) is 22.9 Å². The van der Waals surface area contributed by atoms with E-state index in [0.717, 1.165) is 0 Å². The molecule has 30 heavy (non-hydrogen) atoms. The van der Waals surface area contributed by atoms with Crippen LogP contribution in [0.4, 0.5) is 10.1 Å². The molecule has 2 aromatic carbocycles. The highest BCUT2D eigenvalue weighted by Gasteiger charge is 2.16. The fourth-order valence-electron chi connectivity index (χ4n) is 2.95. The van der Waals surface area contributed by atoms with E-state index in [1.807, 2.05) is 0 Å². The van der Waals surface area contributed by atoms with Crippen LogP contribution >= 0.6 is 23.2 Å². The van der Waals surface area contributed by atoms with Gasteiger partial charge in [0.2, 0.25) is 5.91 Å². The zero-order valence-electron chi connectivity index (χ0n) is 15.8. The van der Waals surface area contributed by atoms with Crippen molar-refractivity contribution in [3.8, 4) is 17.2 Å². The van der Waals surface area contributed by atoms with Crippen LogP contribution in [0, 0.1) is 12.7 Å². The van der Waals surface area contributed by atoms with Gasteiger partial charge in [-0.25, -0.2) is 9.07 Å². The van der Waals surface area contributed by atoms with Crippen LogP contribution in [0.2, 0.25) is 10.2 Å². The van der Waals surface area contributed by atoms with E-state index in [1.54, 1.807) is 37.3 Å². The average Bonchev–Trinajstić information content (AvgIpc) is 3.01. The van der Waals surface area contributed by atoms with Crippen LogP contribution in [0.3, 0.4) is 0 Å². The van der Waals surface area contributed by atoms with Crippen molar-refractivity contribution in [1.82, 2.24) is 9.78 Å². The number of fused-ring (bicyclic) bond motifs is 1. The van der Waals surface area contributed by atoms with Gasteiger partial charge >= 0.3 is 0 Å². The van der Waals surface area contributed by atoms with Crippen molar-refractivity contribution in [1.29, 1.82) is 0 Å². The number of anilines is 1. The highest BCUT2D eigenvalue weighted by molar-refractivity contribution is 6.34. The largest absolute Gasteiger partial charge is 0.486 e. The number of halogens is 3. The molecule has 4 rings (SSSR count). The Hall–Kier alpha value is -3.03. The topological polar surface area (TPSA) is 65.4 Å². The Morgan fingerprint density at radius 2 is 1.83 bits per heavy atom. The summed E-state index contributed by atoms with van der Waals surface area (Å²) in [5, 5.41) is 7.71. The first-order chi connectivity index (χ1) is 14.4. The molecule has 0 unspecified atom stereocenters. The second-order valence-electron chi connectivity index (χ2n) is 6.48. The Morgan fingerprint density at radius 3 is 2.53 bits per heavy atom. The van der Waals surface area contributed by atoms with Gasteiger partial charge in [0.05, 0.1) is 22.1 Å². The molecule has 0 fully saturated rings. The number of nitrogens with one attached hydrogen (secondary N) is 1. The standard InChI is InChI=1S/C21H16Cl2FN3O3/c1-12-15(21(23)27(26-12)14-4-2-13(24)3-5-14)6-7-20(28)25-17-11-19-18(10-16(17)22)29-8-9-30-19/h2-7,10-11H,8-9H2,1H3,(H,25,28)/b7-6+. The third kappa shape index (κ3) is 4.13. The SMILES string of the molecule is Cc1nn(-c2ccc(F)cc2)c(Cl)c1/C=C/C(=O)Nc1cc2c(cc1Cl)OCCO2. The number of carbonyl (C=O) groups is 1. The minimum Gasteiger partial charge on any atom is -0.486 e. The van der Waals surface area contributed by atoms with Gasteiger partial charge in [-0.1, -0.05) is 23.2 Å². The summed E-state index contributed by atoms with van der Waals surface area (Å²) in [5.74, 6) is 0.298. The van der Waals surface area contributed by atoms with Crippen molar-refractivity contribution in [3.05, 3.63) is 69.7 Å².